The number of hydrogen-bond acceptors (Lipinski definition) is 4. The maximum absolute atomic E-state index is 12.0. The third kappa shape index (κ3) is 3.92. The van der Waals surface area contributed by atoms with Crippen LogP contribution in [0.2, 0.25) is 0 Å². The van der Waals surface area contributed by atoms with E-state index in [9.17, 15) is 9.59 Å². The quantitative estimate of drug-likeness (QED) is 0.260. The normalized spacial score (nSPS) is 56.9. The third-order valence-corrected chi connectivity index (χ3v) is 18.9. The fourth-order valence-electron chi connectivity index (χ4n) is 17.1. The second-order valence-corrected chi connectivity index (χ2v) is 20.1. The Morgan fingerprint density at radius 1 is 0.660 bits per heavy atom. The van der Waals surface area contributed by atoms with E-state index in [2.05, 4.69) is 51.2 Å². The lowest BCUT2D eigenvalue weighted by Gasteiger charge is -2.59. The van der Waals surface area contributed by atoms with Gasteiger partial charge in [-0.1, -0.05) is 62.6 Å². The molecule has 13 unspecified atom stereocenters. The molecule has 268 valence electrons. The average molecular weight is 677 g/mol. The van der Waals surface area contributed by atoms with Crippen LogP contribution in [0.4, 0.5) is 0 Å². The molecule has 4 nitrogen and oxygen atoms in total. The molecule has 17 atom stereocenters. The highest BCUT2D eigenvalue weighted by Gasteiger charge is 2.78. The summed E-state index contributed by atoms with van der Waals surface area (Å²) in [6, 6.07) is 0. The van der Waals surface area contributed by atoms with Gasteiger partial charge in [0.2, 0.25) is 0 Å². The van der Waals surface area contributed by atoms with Crippen molar-refractivity contribution in [2.75, 3.05) is 13.2 Å². The van der Waals surface area contributed by atoms with Gasteiger partial charge in [0.15, 0.2) is 11.6 Å². The van der Waals surface area contributed by atoms with E-state index in [1.165, 1.54) is 75.4 Å². The zero-order chi connectivity index (χ0) is 33.8. The highest BCUT2D eigenvalue weighted by molar-refractivity contribution is 5.91. The van der Waals surface area contributed by atoms with Gasteiger partial charge in [-0.05, 0) is 160 Å². The van der Waals surface area contributed by atoms with E-state index in [0.717, 1.165) is 110 Å². The van der Waals surface area contributed by atoms with Crippen LogP contribution in [-0.4, -0.2) is 36.0 Å². The molecule has 0 N–H and O–H groups in total. The van der Waals surface area contributed by atoms with E-state index in [-0.39, 0.29) is 11.2 Å². The van der Waals surface area contributed by atoms with Crippen LogP contribution in [0.5, 0.6) is 0 Å². The smallest absolute Gasteiger partial charge is 0.155 e. The standard InChI is InChI=1S/C24H32O2.C22H28O2/c1-3-14-11-15-12-16(25)5-6-17(15)18-7-9-23(2)22(21(14)18)19-13-20(19)24(23)8-4-10-26-24;1-21-9-7-16-15-6-4-14(23)11-13(15)3-5-17(16)20(21)18-12-19(18)22(21)8-2-10-24-22/h4,8,12,14,17-22H,3,5-7,9-11,13H2,1-2H3;2,8,11,15-20H,3-7,9-10,12H2,1H3/t14?,17?,18?,19?,20?,21?,22?,23-,24-;15?,16?,17?,18?,19?,20?,21-,22-/m00/s1. The molecule has 8 fully saturated rings. The number of ketones is 2. The monoisotopic (exact) mass is 676 g/mol. The maximum atomic E-state index is 12.0. The van der Waals surface area contributed by atoms with Crippen LogP contribution >= 0.6 is 0 Å². The van der Waals surface area contributed by atoms with Gasteiger partial charge in [0, 0.05) is 23.7 Å². The van der Waals surface area contributed by atoms with Crippen LogP contribution in [0.25, 0.3) is 0 Å². The Morgan fingerprint density at radius 2 is 1.24 bits per heavy atom. The second kappa shape index (κ2) is 10.7. The predicted molar refractivity (Wildman–Crippen MR) is 194 cm³/mol. The molecular formula is C46H60O4. The molecule has 8 saturated carbocycles. The molecule has 0 saturated heterocycles. The van der Waals surface area contributed by atoms with Crippen LogP contribution < -0.4 is 0 Å². The van der Waals surface area contributed by atoms with Gasteiger partial charge in [-0.2, -0.15) is 0 Å². The minimum Gasteiger partial charge on any atom is -0.366 e. The largest absolute Gasteiger partial charge is 0.366 e. The number of allylic oxidation sites excluding steroid dienone is 2. The minimum absolute atomic E-state index is 0.0598. The molecule has 10 aliphatic carbocycles. The molecule has 50 heavy (non-hydrogen) atoms. The van der Waals surface area contributed by atoms with Crippen molar-refractivity contribution in [3.05, 3.63) is 47.6 Å². The van der Waals surface area contributed by atoms with Gasteiger partial charge < -0.3 is 9.47 Å². The number of ether oxygens (including phenoxy) is 2. The topological polar surface area (TPSA) is 52.6 Å². The Labute approximate surface area is 300 Å². The first-order chi connectivity index (χ1) is 24.2. The van der Waals surface area contributed by atoms with Crippen molar-refractivity contribution >= 4 is 11.6 Å². The molecule has 0 aromatic rings. The van der Waals surface area contributed by atoms with Crippen molar-refractivity contribution < 1.29 is 19.1 Å². The zero-order valence-corrected chi connectivity index (χ0v) is 30.9. The lowest BCUT2D eigenvalue weighted by Crippen LogP contribution is -2.56. The summed E-state index contributed by atoms with van der Waals surface area (Å²) in [5.41, 5.74) is 3.87. The Hall–Kier alpha value is -1.78. The molecule has 0 aromatic heterocycles. The number of hydrogen-bond donors (Lipinski definition) is 0. The van der Waals surface area contributed by atoms with Crippen LogP contribution in [0, 0.1) is 87.8 Å². The van der Waals surface area contributed by atoms with E-state index in [4.69, 9.17) is 9.47 Å². The Kier molecular flexibility index (Phi) is 6.77. The number of carbonyl (C=O) groups is 2. The van der Waals surface area contributed by atoms with E-state index in [0.29, 0.717) is 28.3 Å². The Bertz CT molecular complexity index is 1630. The van der Waals surface area contributed by atoms with Gasteiger partial charge >= 0.3 is 0 Å². The first-order valence-electron chi connectivity index (χ1n) is 21.3. The van der Waals surface area contributed by atoms with E-state index in [1.54, 1.807) is 0 Å². The molecule has 4 heteroatoms. The third-order valence-electron chi connectivity index (χ3n) is 18.9. The summed E-state index contributed by atoms with van der Waals surface area (Å²) in [7, 11) is 0. The van der Waals surface area contributed by atoms with Crippen LogP contribution in [-0.2, 0) is 19.1 Å². The molecule has 2 aliphatic heterocycles. The number of carbonyl (C=O) groups excluding carboxylic acids is 2. The van der Waals surface area contributed by atoms with Crippen LogP contribution in [0.3, 0.4) is 0 Å². The molecule has 0 bridgehead atoms. The highest BCUT2D eigenvalue weighted by Crippen LogP contribution is 2.79. The Morgan fingerprint density at radius 3 is 1.86 bits per heavy atom. The fraction of sp³-hybridized carbons (Fsp3) is 0.783. The van der Waals surface area contributed by atoms with Crippen LogP contribution in [0.1, 0.15) is 111 Å². The van der Waals surface area contributed by atoms with Gasteiger partial charge in [0.1, 0.15) is 0 Å². The van der Waals surface area contributed by atoms with Gasteiger partial charge in [0.25, 0.3) is 0 Å². The Balaban J connectivity index is 0.000000120. The van der Waals surface area contributed by atoms with Crippen molar-refractivity contribution in [2.45, 2.75) is 122 Å². The molecule has 0 radical (unpaired) electrons. The second-order valence-electron chi connectivity index (χ2n) is 20.1. The summed E-state index contributed by atoms with van der Waals surface area (Å²) in [5.74, 6) is 11.5. The first-order valence-corrected chi connectivity index (χ1v) is 21.3. The number of fused-ring (bicyclic) bond motifs is 18. The van der Waals surface area contributed by atoms with Crippen molar-refractivity contribution in [1.29, 1.82) is 0 Å². The summed E-state index contributed by atoms with van der Waals surface area (Å²) < 4.78 is 13.0. The van der Waals surface area contributed by atoms with E-state index in [1.807, 2.05) is 6.08 Å². The summed E-state index contributed by atoms with van der Waals surface area (Å²) in [5, 5.41) is 0. The molecule has 0 aromatic carbocycles. The van der Waals surface area contributed by atoms with E-state index < -0.39 is 0 Å². The lowest BCUT2D eigenvalue weighted by atomic mass is 9.46. The molecule has 2 spiro atoms. The maximum Gasteiger partial charge on any atom is 0.155 e. The van der Waals surface area contributed by atoms with Gasteiger partial charge in [-0.15, -0.1) is 0 Å². The molecule has 12 aliphatic rings. The van der Waals surface area contributed by atoms with E-state index >= 15 is 0 Å². The SMILES string of the molecule is CCC1CC2=CC(=O)CCC2C2CC[C@@]3(C)C(C4CC4[C@@]34C=CCO4)C12.C[C@]12CCC3C4CCC(=O)C=C4CCC3C1C1CC1[C@@]21C=CCO1. The first kappa shape index (κ1) is 31.7. The summed E-state index contributed by atoms with van der Waals surface area (Å²) in [6.45, 7) is 9.19. The summed E-state index contributed by atoms with van der Waals surface area (Å²) in [6.07, 6.45) is 30.6. The lowest BCUT2D eigenvalue weighted by molar-refractivity contribution is -0.141. The van der Waals surface area contributed by atoms with Crippen molar-refractivity contribution in [3.8, 4) is 0 Å². The minimum atomic E-state index is 0.0598. The average Bonchev–Trinajstić information content (AvgIpc) is 3.90. The van der Waals surface area contributed by atoms with Gasteiger partial charge in [-0.3, -0.25) is 9.59 Å². The van der Waals surface area contributed by atoms with Gasteiger partial charge in [0.05, 0.1) is 24.4 Å². The van der Waals surface area contributed by atoms with Crippen molar-refractivity contribution in [3.63, 3.8) is 0 Å². The zero-order valence-electron chi connectivity index (χ0n) is 30.9. The fourth-order valence-corrected chi connectivity index (χ4v) is 17.1. The summed E-state index contributed by atoms with van der Waals surface area (Å²) >= 11 is 0. The molecule has 12 rings (SSSR count). The van der Waals surface area contributed by atoms with Crippen molar-refractivity contribution in [2.24, 2.45) is 87.8 Å². The number of rotatable bonds is 1. The van der Waals surface area contributed by atoms with Crippen molar-refractivity contribution in [1.82, 2.24) is 0 Å². The molecule has 0 amide bonds. The summed E-state index contributed by atoms with van der Waals surface area (Å²) in [4.78, 5) is 23.9. The van der Waals surface area contributed by atoms with Crippen LogP contribution in [0.15, 0.2) is 47.6 Å². The molecule has 2 heterocycles. The highest BCUT2D eigenvalue weighted by atomic mass is 16.5. The predicted octanol–water partition coefficient (Wildman–Crippen LogP) is 9.25. The molecular weight excluding hydrogens is 617 g/mol. The van der Waals surface area contributed by atoms with Gasteiger partial charge in [-0.25, -0.2) is 0 Å².